The van der Waals surface area contributed by atoms with Crippen LogP contribution in [0.4, 0.5) is 5.69 Å². The lowest BCUT2D eigenvalue weighted by Gasteiger charge is -2.25. The minimum Gasteiger partial charge on any atom is -0.354 e. The van der Waals surface area contributed by atoms with E-state index in [1.165, 1.54) is 9.20 Å². The van der Waals surface area contributed by atoms with Gasteiger partial charge in [-0.05, 0) is 80.5 Å². The van der Waals surface area contributed by atoms with Gasteiger partial charge in [-0.25, -0.2) is 8.42 Å². The topological polar surface area (TPSA) is 66.5 Å². The van der Waals surface area contributed by atoms with Gasteiger partial charge in [0.15, 0.2) is 0 Å². The fraction of sp³-hybridized carbons (Fsp3) is 0.269. The Kier molecular flexibility index (Phi) is 8.58. The van der Waals surface area contributed by atoms with Crippen LogP contribution in [0.2, 0.25) is 0 Å². The highest BCUT2D eigenvalue weighted by Crippen LogP contribution is 2.26. The van der Waals surface area contributed by atoms with Crippen molar-refractivity contribution in [2.45, 2.75) is 37.0 Å². The third kappa shape index (κ3) is 7.11. The van der Waals surface area contributed by atoms with Gasteiger partial charge in [-0.3, -0.25) is 9.10 Å². The van der Waals surface area contributed by atoms with Gasteiger partial charge in [0.25, 0.3) is 10.0 Å². The largest absolute Gasteiger partial charge is 0.354 e. The molecule has 0 saturated heterocycles. The maximum atomic E-state index is 13.5. The highest BCUT2D eigenvalue weighted by molar-refractivity contribution is 7.99. The average Bonchev–Trinajstić information content (AvgIpc) is 2.77. The second kappa shape index (κ2) is 11.4. The molecule has 0 fully saturated rings. The third-order valence-electron chi connectivity index (χ3n) is 5.05. The molecule has 0 bridgehead atoms. The lowest BCUT2D eigenvalue weighted by atomic mass is 10.1. The molecule has 0 aliphatic rings. The molecule has 5 nitrogen and oxygen atoms in total. The first-order chi connectivity index (χ1) is 15.8. The summed E-state index contributed by atoms with van der Waals surface area (Å²) < 4.78 is 28.2. The van der Waals surface area contributed by atoms with Crippen LogP contribution in [0, 0.1) is 20.8 Å². The van der Waals surface area contributed by atoms with Crippen molar-refractivity contribution in [3.05, 3.63) is 89.5 Å². The standard InChI is InChI=1S/C26H30N2O3S2/c1-20-10-12-25(13-11-20)33(30,31)28(23-17-21(2)16-22(3)18-23)19-26(29)27-14-7-15-32-24-8-5-4-6-9-24/h4-6,8-13,16-18H,7,14-15,19H2,1-3H3,(H,27,29). The number of sulfonamides is 1. The fourth-order valence-electron chi connectivity index (χ4n) is 3.44. The van der Waals surface area contributed by atoms with Crippen molar-refractivity contribution < 1.29 is 13.2 Å². The van der Waals surface area contributed by atoms with Gasteiger partial charge in [0.05, 0.1) is 10.6 Å². The van der Waals surface area contributed by atoms with E-state index in [2.05, 4.69) is 17.4 Å². The lowest BCUT2D eigenvalue weighted by Crippen LogP contribution is -2.41. The van der Waals surface area contributed by atoms with E-state index in [4.69, 9.17) is 0 Å². The van der Waals surface area contributed by atoms with Gasteiger partial charge < -0.3 is 5.32 Å². The summed E-state index contributed by atoms with van der Waals surface area (Å²) in [6.07, 6.45) is 0.791. The number of nitrogens with zero attached hydrogens (tertiary/aromatic N) is 1. The van der Waals surface area contributed by atoms with Crippen molar-refractivity contribution in [2.24, 2.45) is 0 Å². The first-order valence-electron chi connectivity index (χ1n) is 10.9. The first kappa shape index (κ1) is 24.9. The summed E-state index contributed by atoms with van der Waals surface area (Å²) in [5.74, 6) is 0.543. The Hall–Kier alpha value is -2.77. The Morgan fingerprint density at radius 2 is 1.52 bits per heavy atom. The van der Waals surface area contributed by atoms with Crippen LogP contribution in [-0.4, -0.2) is 33.2 Å². The van der Waals surface area contributed by atoms with Crippen molar-refractivity contribution in [1.29, 1.82) is 0 Å². The maximum absolute atomic E-state index is 13.5. The molecule has 3 rings (SSSR count). The smallest absolute Gasteiger partial charge is 0.264 e. The maximum Gasteiger partial charge on any atom is 0.264 e. The number of hydrogen-bond acceptors (Lipinski definition) is 4. The molecule has 0 radical (unpaired) electrons. The molecule has 0 spiro atoms. The van der Waals surface area contributed by atoms with Gasteiger partial charge in [0.1, 0.15) is 6.54 Å². The number of nitrogens with one attached hydrogen (secondary N) is 1. The molecule has 0 aromatic heterocycles. The summed E-state index contributed by atoms with van der Waals surface area (Å²) in [4.78, 5) is 14.1. The van der Waals surface area contributed by atoms with Gasteiger partial charge in [0.2, 0.25) is 5.91 Å². The fourth-order valence-corrected chi connectivity index (χ4v) is 5.72. The number of benzene rings is 3. The minimum atomic E-state index is -3.90. The van der Waals surface area contributed by atoms with Crippen LogP contribution in [0.15, 0.2) is 82.6 Å². The zero-order valence-corrected chi connectivity index (χ0v) is 20.9. The van der Waals surface area contributed by atoms with Crippen molar-refractivity contribution in [3.8, 4) is 0 Å². The summed E-state index contributed by atoms with van der Waals surface area (Å²) in [7, 11) is -3.90. The molecule has 1 N–H and O–H groups in total. The normalized spacial score (nSPS) is 11.2. The molecule has 0 aliphatic carbocycles. The summed E-state index contributed by atoms with van der Waals surface area (Å²) in [6.45, 7) is 5.95. The van der Waals surface area contributed by atoms with E-state index in [-0.39, 0.29) is 17.3 Å². The van der Waals surface area contributed by atoms with E-state index in [1.807, 2.05) is 45.0 Å². The van der Waals surface area contributed by atoms with Crippen LogP contribution >= 0.6 is 11.8 Å². The highest BCUT2D eigenvalue weighted by atomic mass is 32.2. The second-order valence-electron chi connectivity index (χ2n) is 8.04. The van der Waals surface area contributed by atoms with E-state index < -0.39 is 10.0 Å². The second-order valence-corrected chi connectivity index (χ2v) is 11.1. The van der Waals surface area contributed by atoms with Crippen molar-refractivity contribution >= 4 is 33.4 Å². The molecular weight excluding hydrogens is 452 g/mol. The number of aryl methyl sites for hydroxylation is 3. The number of amides is 1. The Morgan fingerprint density at radius 3 is 2.15 bits per heavy atom. The van der Waals surface area contributed by atoms with Gasteiger partial charge in [0, 0.05) is 11.4 Å². The number of carbonyl (C=O) groups is 1. The molecule has 3 aromatic carbocycles. The monoisotopic (exact) mass is 482 g/mol. The van der Waals surface area contributed by atoms with E-state index >= 15 is 0 Å². The summed E-state index contributed by atoms with van der Waals surface area (Å²) in [5.41, 5.74) is 3.33. The van der Waals surface area contributed by atoms with Crippen LogP contribution in [0.25, 0.3) is 0 Å². The minimum absolute atomic E-state index is 0.166. The molecule has 0 unspecified atom stereocenters. The van der Waals surface area contributed by atoms with E-state index in [0.29, 0.717) is 12.2 Å². The molecule has 174 valence electrons. The van der Waals surface area contributed by atoms with Crippen molar-refractivity contribution in [3.63, 3.8) is 0 Å². The lowest BCUT2D eigenvalue weighted by molar-refractivity contribution is -0.119. The van der Waals surface area contributed by atoms with Crippen LogP contribution in [0.3, 0.4) is 0 Å². The number of thioether (sulfide) groups is 1. The Morgan fingerprint density at radius 1 is 0.879 bits per heavy atom. The molecule has 0 heterocycles. The van der Waals surface area contributed by atoms with Crippen molar-refractivity contribution in [2.75, 3.05) is 23.1 Å². The Bertz CT molecular complexity index is 1160. The average molecular weight is 483 g/mol. The van der Waals surface area contributed by atoms with Crippen molar-refractivity contribution in [1.82, 2.24) is 5.32 Å². The molecule has 3 aromatic rings. The van der Waals surface area contributed by atoms with Gasteiger partial charge in [-0.1, -0.05) is 42.0 Å². The van der Waals surface area contributed by atoms with E-state index in [1.54, 1.807) is 48.2 Å². The Balaban J connectivity index is 1.70. The molecule has 33 heavy (non-hydrogen) atoms. The summed E-state index contributed by atoms with van der Waals surface area (Å²) in [5, 5.41) is 2.87. The predicted molar refractivity (Wildman–Crippen MR) is 136 cm³/mol. The molecular formula is C26H30N2O3S2. The Labute approximate surface area is 201 Å². The quantitative estimate of drug-likeness (QED) is 0.322. The molecule has 7 heteroatoms. The molecule has 0 saturated carbocycles. The van der Waals surface area contributed by atoms with Crippen LogP contribution in [-0.2, 0) is 14.8 Å². The van der Waals surface area contributed by atoms with Crippen LogP contribution in [0.5, 0.6) is 0 Å². The zero-order valence-electron chi connectivity index (χ0n) is 19.2. The molecule has 0 aliphatic heterocycles. The molecule has 0 atom stereocenters. The predicted octanol–water partition coefficient (Wildman–Crippen LogP) is 5.11. The summed E-state index contributed by atoms with van der Waals surface area (Å²) >= 11 is 1.73. The molecule has 1 amide bonds. The van der Waals surface area contributed by atoms with E-state index in [9.17, 15) is 13.2 Å². The first-order valence-corrected chi connectivity index (χ1v) is 13.3. The van der Waals surface area contributed by atoms with Gasteiger partial charge >= 0.3 is 0 Å². The van der Waals surface area contributed by atoms with Crippen LogP contribution < -0.4 is 9.62 Å². The number of anilines is 1. The van der Waals surface area contributed by atoms with E-state index in [0.717, 1.165) is 28.9 Å². The number of carbonyl (C=O) groups excluding carboxylic acids is 1. The van der Waals surface area contributed by atoms with Crippen LogP contribution in [0.1, 0.15) is 23.1 Å². The van der Waals surface area contributed by atoms with Gasteiger partial charge in [-0.2, -0.15) is 0 Å². The number of rotatable bonds is 10. The third-order valence-corrected chi connectivity index (χ3v) is 7.93. The van der Waals surface area contributed by atoms with Gasteiger partial charge in [-0.15, -0.1) is 11.8 Å². The zero-order chi connectivity index (χ0) is 23.8. The number of hydrogen-bond donors (Lipinski definition) is 1. The summed E-state index contributed by atoms with van der Waals surface area (Å²) in [6, 6.07) is 22.3. The highest BCUT2D eigenvalue weighted by Gasteiger charge is 2.27. The SMILES string of the molecule is Cc1ccc(S(=O)(=O)N(CC(=O)NCCCSc2ccccc2)c2cc(C)cc(C)c2)cc1.